The van der Waals surface area contributed by atoms with Crippen LogP contribution in [0.2, 0.25) is 0 Å². The first kappa shape index (κ1) is 13.9. The molecule has 1 aliphatic carbocycles. The van der Waals surface area contributed by atoms with Gasteiger partial charge in [0.15, 0.2) is 0 Å². The summed E-state index contributed by atoms with van der Waals surface area (Å²) in [5, 5.41) is 3.04. The second-order valence-electron chi connectivity index (χ2n) is 6.18. The number of carbonyl (C=O) groups excluding carboxylic acids is 1. The van der Waals surface area contributed by atoms with Crippen molar-refractivity contribution in [2.45, 2.75) is 26.2 Å². The molecular weight excluding hydrogens is 288 g/mol. The molecule has 1 aromatic carbocycles. The number of imidazole rings is 1. The lowest BCUT2D eigenvalue weighted by molar-refractivity contribution is -0.116. The van der Waals surface area contributed by atoms with Gasteiger partial charge in [-0.15, -0.1) is 0 Å². The number of anilines is 1. The first-order valence-electron chi connectivity index (χ1n) is 7.89. The van der Waals surface area contributed by atoms with Crippen LogP contribution in [0.25, 0.3) is 17.0 Å². The first-order valence-corrected chi connectivity index (χ1v) is 7.89. The van der Waals surface area contributed by atoms with Crippen molar-refractivity contribution < 1.29 is 4.79 Å². The minimum Gasteiger partial charge on any atom is -0.326 e. The van der Waals surface area contributed by atoms with E-state index in [0.717, 1.165) is 22.5 Å². The molecule has 1 fully saturated rings. The molecule has 0 atom stereocenters. The summed E-state index contributed by atoms with van der Waals surface area (Å²) in [6.45, 7) is 2.00. The molecule has 2 heterocycles. The Balaban J connectivity index is 1.63. The third-order valence-corrected chi connectivity index (χ3v) is 4.21. The van der Waals surface area contributed by atoms with Gasteiger partial charge in [-0.25, -0.2) is 9.97 Å². The Labute approximate surface area is 134 Å². The standard InChI is InChI=1S/C18H18N4O/c1-12-3-6-14(10-15(12)20-17(23)9-13-4-5-13)16-11-22-8-2-7-19-18(22)21-16/h2-3,6-8,10-11,13H,4-5,9H2,1H3,(H,20,23). The SMILES string of the molecule is Cc1ccc(-c2cn3cccnc3n2)cc1NC(=O)CC1CC1. The molecule has 0 saturated heterocycles. The van der Waals surface area contributed by atoms with E-state index in [2.05, 4.69) is 15.3 Å². The van der Waals surface area contributed by atoms with Gasteiger partial charge < -0.3 is 5.32 Å². The predicted octanol–water partition coefficient (Wildman–Crippen LogP) is 3.44. The van der Waals surface area contributed by atoms with E-state index in [4.69, 9.17) is 0 Å². The molecule has 2 aromatic heterocycles. The molecule has 23 heavy (non-hydrogen) atoms. The number of carbonyl (C=O) groups is 1. The summed E-state index contributed by atoms with van der Waals surface area (Å²) in [6.07, 6.45) is 8.59. The van der Waals surface area contributed by atoms with Crippen LogP contribution in [0.4, 0.5) is 5.69 Å². The van der Waals surface area contributed by atoms with Crippen LogP contribution in [0.15, 0.2) is 42.9 Å². The molecule has 1 N–H and O–H groups in total. The summed E-state index contributed by atoms with van der Waals surface area (Å²) in [7, 11) is 0. The quantitative estimate of drug-likeness (QED) is 0.803. The fraction of sp³-hybridized carbons (Fsp3) is 0.278. The van der Waals surface area contributed by atoms with Gasteiger partial charge in [-0.1, -0.05) is 12.1 Å². The molecule has 5 nitrogen and oxygen atoms in total. The Kier molecular flexibility index (Phi) is 3.33. The van der Waals surface area contributed by atoms with Crippen molar-refractivity contribution in [1.82, 2.24) is 14.4 Å². The summed E-state index contributed by atoms with van der Waals surface area (Å²) < 4.78 is 1.89. The van der Waals surface area contributed by atoms with Crippen molar-refractivity contribution in [1.29, 1.82) is 0 Å². The maximum atomic E-state index is 12.1. The maximum absolute atomic E-state index is 12.1. The van der Waals surface area contributed by atoms with Gasteiger partial charge in [0.2, 0.25) is 11.7 Å². The summed E-state index contributed by atoms with van der Waals surface area (Å²) in [4.78, 5) is 20.8. The minimum atomic E-state index is 0.101. The number of fused-ring (bicyclic) bond motifs is 1. The largest absolute Gasteiger partial charge is 0.326 e. The number of rotatable bonds is 4. The van der Waals surface area contributed by atoms with Crippen molar-refractivity contribution in [3.63, 3.8) is 0 Å². The van der Waals surface area contributed by atoms with Crippen LogP contribution in [0.3, 0.4) is 0 Å². The molecular formula is C18H18N4O. The lowest BCUT2D eigenvalue weighted by atomic mass is 10.1. The monoisotopic (exact) mass is 306 g/mol. The first-order chi connectivity index (χ1) is 11.2. The van der Waals surface area contributed by atoms with E-state index in [0.29, 0.717) is 18.1 Å². The molecule has 116 valence electrons. The van der Waals surface area contributed by atoms with Crippen LogP contribution < -0.4 is 5.32 Å². The Hall–Kier alpha value is -2.69. The number of hydrogen-bond donors (Lipinski definition) is 1. The van der Waals surface area contributed by atoms with Gasteiger partial charge in [0.05, 0.1) is 5.69 Å². The van der Waals surface area contributed by atoms with Crippen LogP contribution in [0.1, 0.15) is 24.8 Å². The highest BCUT2D eigenvalue weighted by Crippen LogP contribution is 2.33. The van der Waals surface area contributed by atoms with E-state index in [1.54, 1.807) is 6.20 Å². The Morgan fingerprint density at radius 2 is 2.26 bits per heavy atom. The van der Waals surface area contributed by atoms with E-state index in [1.165, 1.54) is 12.8 Å². The third-order valence-electron chi connectivity index (χ3n) is 4.21. The molecule has 0 spiro atoms. The smallest absolute Gasteiger partial charge is 0.234 e. The van der Waals surface area contributed by atoms with Crippen molar-refractivity contribution in [2.75, 3.05) is 5.32 Å². The highest BCUT2D eigenvalue weighted by Gasteiger charge is 2.24. The Bertz CT molecular complexity index is 847. The van der Waals surface area contributed by atoms with Gasteiger partial charge >= 0.3 is 0 Å². The van der Waals surface area contributed by atoms with Crippen LogP contribution in [0.5, 0.6) is 0 Å². The summed E-state index contributed by atoms with van der Waals surface area (Å²) in [5.41, 5.74) is 3.74. The molecule has 5 heteroatoms. The number of aromatic nitrogens is 3. The van der Waals surface area contributed by atoms with E-state index in [9.17, 15) is 4.79 Å². The Morgan fingerprint density at radius 3 is 3.04 bits per heavy atom. The second kappa shape index (κ2) is 5.50. The molecule has 3 aromatic rings. The highest BCUT2D eigenvalue weighted by atomic mass is 16.1. The predicted molar refractivity (Wildman–Crippen MR) is 89.1 cm³/mol. The topological polar surface area (TPSA) is 59.3 Å². The highest BCUT2D eigenvalue weighted by molar-refractivity contribution is 5.92. The molecule has 4 rings (SSSR count). The number of hydrogen-bond acceptors (Lipinski definition) is 3. The van der Waals surface area contributed by atoms with Crippen LogP contribution in [-0.2, 0) is 4.79 Å². The third kappa shape index (κ3) is 2.95. The molecule has 0 radical (unpaired) electrons. The molecule has 1 amide bonds. The number of amides is 1. The minimum absolute atomic E-state index is 0.101. The van der Waals surface area contributed by atoms with E-state index in [-0.39, 0.29) is 5.91 Å². The maximum Gasteiger partial charge on any atom is 0.234 e. The fourth-order valence-corrected chi connectivity index (χ4v) is 2.67. The molecule has 0 unspecified atom stereocenters. The van der Waals surface area contributed by atoms with Crippen LogP contribution in [0, 0.1) is 12.8 Å². The van der Waals surface area contributed by atoms with Gasteiger partial charge in [-0.3, -0.25) is 9.20 Å². The normalized spacial score (nSPS) is 14.1. The lowest BCUT2D eigenvalue weighted by Crippen LogP contribution is -2.12. The zero-order valence-corrected chi connectivity index (χ0v) is 13.0. The summed E-state index contributed by atoms with van der Waals surface area (Å²) in [6, 6.07) is 7.90. The summed E-state index contributed by atoms with van der Waals surface area (Å²) in [5.74, 6) is 1.36. The number of nitrogens with one attached hydrogen (secondary N) is 1. The second-order valence-corrected chi connectivity index (χ2v) is 6.18. The molecule has 0 bridgehead atoms. The summed E-state index contributed by atoms with van der Waals surface area (Å²) >= 11 is 0. The van der Waals surface area contributed by atoms with Gasteiger partial charge in [0.1, 0.15) is 0 Å². The number of benzene rings is 1. The zero-order valence-electron chi connectivity index (χ0n) is 13.0. The van der Waals surface area contributed by atoms with Gasteiger partial charge in [0, 0.05) is 36.3 Å². The van der Waals surface area contributed by atoms with E-state index in [1.807, 2.05) is 48.0 Å². The van der Waals surface area contributed by atoms with Crippen molar-refractivity contribution >= 4 is 17.4 Å². The number of nitrogens with zero attached hydrogens (tertiary/aromatic N) is 3. The fourth-order valence-electron chi connectivity index (χ4n) is 2.67. The lowest BCUT2D eigenvalue weighted by Gasteiger charge is -2.09. The van der Waals surface area contributed by atoms with Gasteiger partial charge in [-0.05, 0) is 43.4 Å². The molecule has 1 saturated carbocycles. The van der Waals surface area contributed by atoms with E-state index < -0.39 is 0 Å². The number of aryl methyl sites for hydroxylation is 1. The van der Waals surface area contributed by atoms with Gasteiger partial charge in [0.25, 0.3) is 0 Å². The van der Waals surface area contributed by atoms with Gasteiger partial charge in [-0.2, -0.15) is 0 Å². The average molecular weight is 306 g/mol. The van der Waals surface area contributed by atoms with Crippen molar-refractivity contribution in [3.05, 3.63) is 48.4 Å². The van der Waals surface area contributed by atoms with Crippen LogP contribution in [-0.4, -0.2) is 20.3 Å². The van der Waals surface area contributed by atoms with Crippen LogP contribution >= 0.6 is 0 Å². The average Bonchev–Trinajstić information content (AvgIpc) is 3.24. The molecule has 1 aliphatic rings. The van der Waals surface area contributed by atoms with E-state index >= 15 is 0 Å². The zero-order chi connectivity index (χ0) is 15.8. The van der Waals surface area contributed by atoms with Crippen molar-refractivity contribution in [2.24, 2.45) is 5.92 Å². The Morgan fingerprint density at radius 1 is 1.39 bits per heavy atom. The molecule has 0 aliphatic heterocycles. The van der Waals surface area contributed by atoms with Crippen molar-refractivity contribution in [3.8, 4) is 11.3 Å².